The second kappa shape index (κ2) is 5.54. The molecule has 0 amide bonds. The third kappa shape index (κ3) is 3.42. The Hall–Kier alpha value is -0.610. The molecule has 4 heteroatoms. The molecule has 2 atom stereocenters. The van der Waals surface area contributed by atoms with Crippen LogP contribution < -0.4 is 10.2 Å². The largest absolute Gasteiger partial charge is 0.348 e. The van der Waals surface area contributed by atoms with E-state index in [0.717, 1.165) is 6.42 Å². The zero-order chi connectivity index (χ0) is 16.0. The number of rotatable bonds is 3. The van der Waals surface area contributed by atoms with E-state index < -0.39 is 0 Å². The minimum Gasteiger partial charge on any atom is -0.348 e. The fourth-order valence-electron chi connectivity index (χ4n) is 3.05. The van der Waals surface area contributed by atoms with Crippen molar-refractivity contribution < 1.29 is 0 Å². The van der Waals surface area contributed by atoms with Crippen molar-refractivity contribution in [3.63, 3.8) is 0 Å². The van der Waals surface area contributed by atoms with E-state index in [4.69, 9.17) is 4.98 Å². The summed E-state index contributed by atoms with van der Waals surface area (Å²) in [6.45, 7) is 13.9. The number of thiazole rings is 1. The van der Waals surface area contributed by atoms with E-state index >= 15 is 0 Å². The number of fused-ring (bicyclic) bond motifs is 1. The van der Waals surface area contributed by atoms with Gasteiger partial charge in [0.2, 0.25) is 0 Å². The van der Waals surface area contributed by atoms with Gasteiger partial charge < -0.3 is 10.2 Å². The van der Waals surface area contributed by atoms with Crippen molar-refractivity contribution in [1.82, 2.24) is 10.3 Å². The van der Waals surface area contributed by atoms with Crippen LogP contribution in [0.5, 0.6) is 0 Å². The van der Waals surface area contributed by atoms with E-state index in [0.29, 0.717) is 17.5 Å². The SMILES string of the molecule is CNC1CC(C)(C)Cc2nc(N(C)C(C)C(C)(C)C)sc21. The topological polar surface area (TPSA) is 28.2 Å². The quantitative estimate of drug-likeness (QED) is 0.905. The number of aromatic nitrogens is 1. The molecule has 0 spiro atoms. The highest BCUT2D eigenvalue weighted by Crippen LogP contribution is 2.45. The molecule has 1 aromatic heterocycles. The van der Waals surface area contributed by atoms with E-state index in [-0.39, 0.29) is 5.41 Å². The molecule has 120 valence electrons. The zero-order valence-electron chi connectivity index (χ0n) is 14.9. The summed E-state index contributed by atoms with van der Waals surface area (Å²) in [6.07, 6.45) is 2.28. The summed E-state index contributed by atoms with van der Waals surface area (Å²) in [5, 5.41) is 4.65. The Kier molecular flexibility index (Phi) is 4.42. The van der Waals surface area contributed by atoms with E-state index in [9.17, 15) is 0 Å². The molecular formula is C17H31N3S. The molecule has 0 aliphatic heterocycles. The summed E-state index contributed by atoms with van der Waals surface area (Å²) in [7, 11) is 4.25. The van der Waals surface area contributed by atoms with Crippen molar-refractivity contribution in [3.8, 4) is 0 Å². The summed E-state index contributed by atoms with van der Waals surface area (Å²) >= 11 is 1.87. The minimum absolute atomic E-state index is 0.253. The van der Waals surface area contributed by atoms with Crippen LogP contribution in [0.15, 0.2) is 0 Å². The Morgan fingerprint density at radius 1 is 1.38 bits per heavy atom. The molecule has 1 aliphatic rings. The molecule has 0 bridgehead atoms. The maximum absolute atomic E-state index is 4.98. The number of nitrogens with zero attached hydrogens (tertiary/aromatic N) is 2. The first-order chi connectivity index (χ1) is 9.55. The minimum atomic E-state index is 0.253. The maximum Gasteiger partial charge on any atom is 0.185 e. The molecule has 1 aliphatic carbocycles. The number of nitrogens with one attached hydrogen (secondary N) is 1. The predicted molar refractivity (Wildman–Crippen MR) is 93.3 cm³/mol. The van der Waals surface area contributed by atoms with Gasteiger partial charge in [0.25, 0.3) is 0 Å². The van der Waals surface area contributed by atoms with Crippen molar-refractivity contribution in [1.29, 1.82) is 0 Å². The molecular weight excluding hydrogens is 278 g/mol. The van der Waals surface area contributed by atoms with Gasteiger partial charge in [-0.15, -0.1) is 0 Å². The molecule has 2 unspecified atom stereocenters. The van der Waals surface area contributed by atoms with E-state index in [1.807, 2.05) is 11.3 Å². The van der Waals surface area contributed by atoms with Crippen LogP contribution >= 0.6 is 11.3 Å². The Labute approximate surface area is 134 Å². The molecule has 21 heavy (non-hydrogen) atoms. The Morgan fingerprint density at radius 2 is 2.00 bits per heavy atom. The molecule has 0 saturated heterocycles. The maximum atomic E-state index is 4.98. The molecule has 3 nitrogen and oxygen atoms in total. The lowest BCUT2D eigenvalue weighted by Gasteiger charge is -2.35. The molecule has 0 radical (unpaired) electrons. The monoisotopic (exact) mass is 309 g/mol. The standard InChI is InChI=1S/C17H31N3S/c1-11(16(2,3)4)20(8)15-19-13-10-17(5,6)9-12(18-7)14(13)21-15/h11-12,18H,9-10H2,1-8H3. The van der Waals surface area contributed by atoms with Crippen molar-refractivity contribution in [2.24, 2.45) is 10.8 Å². The molecule has 1 N–H and O–H groups in total. The fourth-order valence-corrected chi connectivity index (χ4v) is 4.28. The lowest BCUT2D eigenvalue weighted by atomic mass is 9.76. The summed E-state index contributed by atoms with van der Waals surface area (Å²) < 4.78 is 0. The Bertz CT molecular complexity index is 499. The van der Waals surface area contributed by atoms with Crippen LogP contribution in [0.25, 0.3) is 0 Å². The van der Waals surface area contributed by atoms with Crippen LogP contribution in [-0.4, -0.2) is 25.1 Å². The van der Waals surface area contributed by atoms with Crippen LogP contribution in [0, 0.1) is 10.8 Å². The van der Waals surface area contributed by atoms with Gasteiger partial charge in [0.05, 0.1) is 5.69 Å². The van der Waals surface area contributed by atoms with Gasteiger partial charge in [0.15, 0.2) is 5.13 Å². The van der Waals surface area contributed by atoms with Gasteiger partial charge in [-0.05, 0) is 37.6 Å². The smallest absolute Gasteiger partial charge is 0.185 e. The second-order valence-corrected chi connectivity index (χ2v) is 9.36. The molecule has 1 aromatic rings. The second-order valence-electron chi connectivity index (χ2n) is 8.35. The van der Waals surface area contributed by atoms with Crippen molar-refractivity contribution in [3.05, 3.63) is 10.6 Å². The van der Waals surface area contributed by atoms with Gasteiger partial charge in [-0.2, -0.15) is 0 Å². The first-order valence-corrected chi connectivity index (χ1v) is 8.76. The van der Waals surface area contributed by atoms with Crippen LogP contribution in [0.4, 0.5) is 5.13 Å². The highest BCUT2D eigenvalue weighted by Gasteiger charge is 2.35. The van der Waals surface area contributed by atoms with Crippen molar-refractivity contribution in [2.45, 2.75) is 66.5 Å². The third-order valence-corrected chi connectivity index (χ3v) is 6.22. The molecule has 0 saturated carbocycles. The highest BCUT2D eigenvalue weighted by atomic mass is 32.1. The van der Waals surface area contributed by atoms with Gasteiger partial charge in [-0.3, -0.25) is 0 Å². The van der Waals surface area contributed by atoms with Crippen LogP contribution in [0.1, 0.15) is 64.6 Å². The zero-order valence-corrected chi connectivity index (χ0v) is 15.7. The summed E-state index contributed by atoms with van der Waals surface area (Å²) in [4.78, 5) is 8.78. The average molecular weight is 310 g/mol. The number of anilines is 1. The van der Waals surface area contributed by atoms with E-state index in [2.05, 4.69) is 65.9 Å². The van der Waals surface area contributed by atoms with Gasteiger partial charge in [-0.25, -0.2) is 4.98 Å². The number of hydrogen-bond donors (Lipinski definition) is 1. The fraction of sp³-hybridized carbons (Fsp3) is 0.824. The first-order valence-electron chi connectivity index (χ1n) is 7.95. The number of hydrogen-bond acceptors (Lipinski definition) is 4. The molecule has 0 fully saturated rings. The van der Waals surface area contributed by atoms with Crippen molar-refractivity contribution >= 4 is 16.5 Å². The van der Waals surface area contributed by atoms with Gasteiger partial charge in [-0.1, -0.05) is 46.0 Å². The van der Waals surface area contributed by atoms with Crippen LogP contribution in [0.3, 0.4) is 0 Å². The summed E-state index contributed by atoms with van der Waals surface area (Å²) in [5.41, 5.74) is 1.89. The van der Waals surface area contributed by atoms with Gasteiger partial charge in [0.1, 0.15) is 0 Å². The van der Waals surface area contributed by atoms with Gasteiger partial charge >= 0.3 is 0 Å². The third-order valence-electron chi connectivity index (χ3n) is 4.92. The van der Waals surface area contributed by atoms with E-state index in [1.54, 1.807) is 0 Å². The van der Waals surface area contributed by atoms with E-state index in [1.165, 1.54) is 22.1 Å². The highest BCUT2D eigenvalue weighted by molar-refractivity contribution is 7.15. The lowest BCUT2D eigenvalue weighted by Crippen LogP contribution is -2.39. The molecule has 2 rings (SSSR count). The Balaban J connectivity index is 2.32. The lowest BCUT2D eigenvalue weighted by molar-refractivity contribution is 0.265. The average Bonchev–Trinajstić information content (AvgIpc) is 2.76. The summed E-state index contributed by atoms with van der Waals surface area (Å²) in [5.74, 6) is 0. The van der Waals surface area contributed by atoms with Crippen molar-refractivity contribution in [2.75, 3.05) is 19.0 Å². The normalized spacial score (nSPS) is 22.8. The first kappa shape index (κ1) is 16.8. The van der Waals surface area contributed by atoms with Crippen LogP contribution in [-0.2, 0) is 6.42 Å². The van der Waals surface area contributed by atoms with Gasteiger partial charge in [0, 0.05) is 24.0 Å². The van der Waals surface area contributed by atoms with Crippen LogP contribution in [0.2, 0.25) is 0 Å². The predicted octanol–water partition coefficient (Wildman–Crippen LogP) is 4.25. The Morgan fingerprint density at radius 3 is 2.52 bits per heavy atom. The molecule has 0 aromatic carbocycles. The molecule has 1 heterocycles. The summed E-state index contributed by atoms with van der Waals surface area (Å²) in [6, 6.07) is 0.916.